The number of nitrogens with zero attached hydrogens (tertiary/aromatic N) is 4. The number of rotatable bonds is 6. The van der Waals surface area contributed by atoms with Crippen LogP contribution in [-0.2, 0) is 7.05 Å². The normalized spacial score (nSPS) is 14.5. The van der Waals surface area contributed by atoms with Gasteiger partial charge in [0.2, 0.25) is 0 Å². The molecular weight excluding hydrogens is 450 g/mol. The number of benzene rings is 1. The van der Waals surface area contributed by atoms with Gasteiger partial charge in [-0.25, -0.2) is 4.98 Å². The molecule has 2 aromatic heterocycles. The first-order valence-corrected chi connectivity index (χ1v) is 12.4. The lowest BCUT2D eigenvalue weighted by molar-refractivity contribution is 0.0713. The average molecular weight is 482 g/mol. The third kappa shape index (κ3) is 5.14. The minimum atomic E-state index is -0.223. The molecule has 3 heterocycles. The molecule has 0 unspecified atom stereocenters. The lowest BCUT2D eigenvalue weighted by Crippen LogP contribution is -2.37. The molecule has 1 aromatic carbocycles. The van der Waals surface area contributed by atoms with Gasteiger partial charge >= 0.3 is 0 Å². The van der Waals surface area contributed by atoms with Crippen molar-refractivity contribution in [2.24, 2.45) is 7.05 Å². The second-order valence-electron chi connectivity index (χ2n) is 8.95. The van der Waals surface area contributed by atoms with E-state index < -0.39 is 0 Å². The lowest BCUT2D eigenvalue weighted by atomic mass is 9.97. The summed E-state index contributed by atoms with van der Waals surface area (Å²) in [6.45, 7) is 9.09. The molecule has 1 fully saturated rings. The van der Waals surface area contributed by atoms with E-state index in [2.05, 4.69) is 15.4 Å². The van der Waals surface area contributed by atoms with Crippen LogP contribution < -0.4 is 10.1 Å². The highest BCUT2D eigenvalue weighted by Gasteiger charge is 2.27. The monoisotopic (exact) mass is 481 g/mol. The molecule has 8 nitrogen and oxygen atoms in total. The Balaban J connectivity index is 1.34. The third-order valence-corrected chi connectivity index (χ3v) is 7.11. The van der Waals surface area contributed by atoms with Crippen molar-refractivity contribution in [3.05, 3.63) is 57.3 Å². The van der Waals surface area contributed by atoms with Crippen LogP contribution in [0.25, 0.3) is 0 Å². The van der Waals surface area contributed by atoms with Crippen molar-refractivity contribution >= 4 is 28.8 Å². The Morgan fingerprint density at radius 3 is 2.41 bits per heavy atom. The van der Waals surface area contributed by atoms with Gasteiger partial charge in [0.25, 0.3) is 11.8 Å². The van der Waals surface area contributed by atoms with Gasteiger partial charge in [-0.3, -0.25) is 14.3 Å². The Hall–Kier alpha value is -3.20. The molecule has 1 aliphatic heterocycles. The average Bonchev–Trinajstić information content (AvgIpc) is 3.40. The standard InChI is InChI=1S/C25H31N5O3S/c1-15(2)33-20-8-6-19(7-9-20)25(32)30-12-10-18(11-13-30)24-26-21(14-34-24)23(31)27-22-16(3)28-29(5)17(22)4/h6-9,14-15,18H,10-13H2,1-5H3,(H,27,31). The molecule has 1 aliphatic rings. The smallest absolute Gasteiger partial charge is 0.275 e. The number of amides is 2. The highest BCUT2D eigenvalue weighted by atomic mass is 32.1. The minimum Gasteiger partial charge on any atom is -0.491 e. The minimum absolute atomic E-state index is 0.0379. The first-order valence-electron chi connectivity index (χ1n) is 11.6. The first-order chi connectivity index (χ1) is 16.2. The molecule has 180 valence electrons. The Bertz CT molecular complexity index is 1170. The number of piperidine rings is 1. The molecule has 0 atom stereocenters. The summed E-state index contributed by atoms with van der Waals surface area (Å²) in [6.07, 6.45) is 1.76. The highest BCUT2D eigenvalue weighted by molar-refractivity contribution is 7.10. The maximum Gasteiger partial charge on any atom is 0.275 e. The Morgan fingerprint density at radius 2 is 1.82 bits per heavy atom. The van der Waals surface area contributed by atoms with Gasteiger partial charge in [-0.05, 0) is 64.8 Å². The Labute approximate surface area is 203 Å². The number of aryl methyl sites for hydroxylation is 2. The fourth-order valence-corrected chi connectivity index (χ4v) is 5.14. The van der Waals surface area contributed by atoms with Crippen LogP contribution >= 0.6 is 11.3 Å². The SMILES string of the molecule is Cc1nn(C)c(C)c1NC(=O)c1csc(C2CCN(C(=O)c3ccc(OC(C)C)cc3)CC2)n1. The zero-order valence-corrected chi connectivity index (χ0v) is 21.1. The van der Waals surface area contributed by atoms with Crippen molar-refractivity contribution in [1.29, 1.82) is 0 Å². The fourth-order valence-electron chi connectivity index (χ4n) is 4.17. The zero-order chi connectivity index (χ0) is 24.4. The van der Waals surface area contributed by atoms with Gasteiger partial charge in [0, 0.05) is 37.0 Å². The van der Waals surface area contributed by atoms with Crippen molar-refractivity contribution in [2.45, 2.75) is 52.6 Å². The molecule has 2 amide bonds. The van der Waals surface area contributed by atoms with E-state index in [9.17, 15) is 9.59 Å². The number of ether oxygens (including phenoxy) is 1. The van der Waals surface area contributed by atoms with Crippen LogP contribution in [0.5, 0.6) is 5.75 Å². The molecule has 1 N–H and O–H groups in total. The van der Waals surface area contributed by atoms with Gasteiger partial charge < -0.3 is 15.0 Å². The summed E-state index contributed by atoms with van der Waals surface area (Å²) in [5.74, 6) is 0.831. The molecular formula is C25H31N5O3S. The van der Waals surface area contributed by atoms with Crippen molar-refractivity contribution < 1.29 is 14.3 Å². The molecule has 9 heteroatoms. The number of carbonyl (C=O) groups is 2. The predicted molar refractivity (Wildman–Crippen MR) is 133 cm³/mol. The number of hydrogen-bond donors (Lipinski definition) is 1. The van der Waals surface area contributed by atoms with E-state index in [0.29, 0.717) is 24.3 Å². The van der Waals surface area contributed by atoms with Crippen molar-refractivity contribution in [2.75, 3.05) is 18.4 Å². The molecule has 0 saturated carbocycles. The fraction of sp³-hybridized carbons (Fsp3) is 0.440. The van der Waals surface area contributed by atoms with Gasteiger partial charge in [-0.2, -0.15) is 5.10 Å². The summed E-state index contributed by atoms with van der Waals surface area (Å²) in [7, 11) is 1.85. The molecule has 3 aromatic rings. The van der Waals surface area contributed by atoms with E-state index in [4.69, 9.17) is 4.74 Å². The van der Waals surface area contributed by atoms with Crippen LogP contribution in [0.15, 0.2) is 29.6 Å². The molecule has 1 saturated heterocycles. The van der Waals surface area contributed by atoms with Crippen molar-refractivity contribution in [1.82, 2.24) is 19.7 Å². The van der Waals surface area contributed by atoms with Gasteiger partial charge in [-0.1, -0.05) is 0 Å². The van der Waals surface area contributed by atoms with E-state index in [0.717, 1.165) is 40.7 Å². The molecule has 0 spiro atoms. The Morgan fingerprint density at radius 1 is 1.15 bits per heavy atom. The van der Waals surface area contributed by atoms with Gasteiger partial charge in [0.1, 0.15) is 11.4 Å². The summed E-state index contributed by atoms with van der Waals surface area (Å²) in [6, 6.07) is 7.33. The van der Waals surface area contributed by atoms with E-state index in [1.807, 2.05) is 69.3 Å². The van der Waals surface area contributed by atoms with Gasteiger partial charge in [0.15, 0.2) is 0 Å². The van der Waals surface area contributed by atoms with E-state index in [1.54, 1.807) is 4.68 Å². The topological polar surface area (TPSA) is 89.4 Å². The summed E-state index contributed by atoms with van der Waals surface area (Å²) in [5, 5.41) is 10.0. The predicted octanol–water partition coefficient (Wildman–Crippen LogP) is 4.55. The quantitative estimate of drug-likeness (QED) is 0.558. The summed E-state index contributed by atoms with van der Waals surface area (Å²) >= 11 is 1.51. The van der Waals surface area contributed by atoms with Gasteiger partial charge in [0.05, 0.1) is 28.2 Å². The van der Waals surface area contributed by atoms with E-state index in [1.165, 1.54) is 11.3 Å². The lowest BCUT2D eigenvalue weighted by Gasteiger charge is -2.31. The van der Waals surface area contributed by atoms with Crippen LogP contribution in [0.1, 0.15) is 69.8 Å². The largest absolute Gasteiger partial charge is 0.491 e. The summed E-state index contributed by atoms with van der Waals surface area (Å²) < 4.78 is 7.41. The highest BCUT2D eigenvalue weighted by Crippen LogP contribution is 2.31. The second-order valence-corrected chi connectivity index (χ2v) is 9.84. The van der Waals surface area contributed by atoms with Crippen LogP contribution in [0.3, 0.4) is 0 Å². The van der Waals surface area contributed by atoms with Crippen LogP contribution in [-0.4, -0.2) is 50.7 Å². The molecule has 0 aliphatic carbocycles. The molecule has 0 radical (unpaired) electrons. The maximum atomic E-state index is 12.9. The Kier molecular flexibility index (Phi) is 7.02. The molecule has 4 rings (SSSR count). The number of aromatic nitrogens is 3. The number of likely N-dealkylation sites (tertiary alicyclic amines) is 1. The number of thiazole rings is 1. The van der Waals surface area contributed by atoms with Crippen molar-refractivity contribution in [3.63, 3.8) is 0 Å². The third-order valence-electron chi connectivity index (χ3n) is 6.11. The number of hydrogen-bond acceptors (Lipinski definition) is 6. The number of anilines is 1. The molecule has 34 heavy (non-hydrogen) atoms. The number of nitrogens with one attached hydrogen (secondary N) is 1. The second kappa shape index (κ2) is 9.97. The zero-order valence-electron chi connectivity index (χ0n) is 20.3. The number of carbonyl (C=O) groups excluding carboxylic acids is 2. The van der Waals surface area contributed by atoms with Crippen LogP contribution in [0.2, 0.25) is 0 Å². The van der Waals surface area contributed by atoms with Crippen molar-refractivity contribution in [3.8, 4) is 5.75 Å². The summed E-state index contributed by atoms with van der Waals surface area (Å²) in [4.78, 5) is 32.2. The van der Waals surface area contributed by atoms with Gasteiger partial charge in [-0.15, -0.1) is 11.3 Å². The first kappa shape index (κ1) is 23.9. The maximum absolute atomic E-state index is 12.9. The van der Waals surface area contributed by atoms with Crippen LogP contribution in [0, 0.1) is 13.8 Å². The summed E-state index contributed by atoms with van der Waals surface area (Å²) in [5.41, 5.74) is 3.51. The molecule has 0 bridgehead atoms. The van der Waals surface area contributed by atoms with E-state index in [-0.39, 0.29) is 23.8 Å². The van der Waals surface area contributed by atoms with E-state index >= 15 is 0 Å². The van der Waals surface area contributed by atoms with Crippen LogP contribution in [0.4, 0.5) is 5.69 Å².